The molecule has 8 nitrogen and oxygen atoms in total. The van der Waals surface area contributed by atoms with Gasteiger partial charge in [0.15, 0.2) is 0 Å². The summed E-state index contributed by atoms with van der Waals surface area (Å²) in [5, 5.41) is 3.05. The van der Waals surface area contributed by atoms with Crippen molar-refractivity contribution in [2.24, 2.45) is 0 Å². The quantitative estimate of drug-likeness (QED) is 0.693. The summed E-state index contributed by atoms with van der Waals surface area (Å²) in [6, 6.07) is 3.44. The molecule has 0 saturated heterocycles. The van der Waals surface area contributed by atoms with Crippen molar-refractivity contribution < 1.29 is 9.53 Å². The van der Waals surface area contributed by atoms with Gasteiger partial charge >= 0.3 is 0 Å². The van der Waals surface area contributed by atoms with E-state index in [-0.39, 0.29) is 23.1 Å². The van der Waals surface area contributed by atoms with E-state index in [1.54, 1.807) is 19.1 Å². The van der Waals surface area contributed by atoms with Crippen molar-refractivity contribution in [3.63, 3.8) is 0 Å². The van der Waals surface area contributed by atoms with Gasteiger partial charge in [0.25, 0.3) is 0 Å². The van der Waals surface area contributed by atoms with E-state index in [4.69, 9.17) is 27.8 Å². The number of rotatable bonds is 6. The van der Waals surface area contributed by atoms with E-state index in [1.807, 2.05) is 6.92 Å². The number of nitrogens with two attached hydrogens (primary N) is 2. The normalized spacial score (nSPS) is 11.8. The first kappa shape index (κ1) is 19.1. The lowest BCUT2D eigenvalue weighted by molar-refractivity contribution is -0.115. The molecule has 0 aliphatic heterocycles. The Morgan fingerprint density at radius 3 is 2.56 bits per heavy atom. The first-order valence-electron chi connectivity index (χ1n) is 7.32. The van der Waals surface area contributed by atoms with Gasteiger partial charge in [-0.15, -0.1) is 11.8 Å². The average Bonchev–Trinajstić information content (AvgIpc) is 2.54. The summed E-state index contributed by atoms with van der Waals surface area (Å²) in [5.74, 6) is 1.24. The molecule has 2 rings (SSSR count). The first-order chi connectivity index (χ1) is 11.8. The Morgan fingerprint density at radius 1 is 1.32 bits per heavy atom. The molecule has 5 N–H and O–H groups in total. The molecule has 0 saturated carbocycles. The van der Waals surface area contributed by atoms with Crippen LogP contribution < -0.4 is 21.5 Å². The van der Waals surface area contributed by atoms with Crippen molar-refractivity contribution in [3.8, 4) is 5.75 Å². The van der Waals surface area contributed by atoms with Crippen molar-refractivity contribution in [1.29, 1.82) is 0 Å². The fraction of sp³-hybridized carbons (Fsp3) is 0.333. The third kappa shape index (κ3) is 5.10. The molecule has 1 heterocycles. The fourth-order valence-electron chi connectivity index (χ4n) is 1.96. The largest absolute Gasteiger partial charge is 0.495 e. The molecule has 134 valence electrons. The number of carbonyl (C=O) groups is 1. The lowest BCUT2D eigenvalue weighted by atomic mass is 10.2. The minimum Gasteiger partial charge on any atom is -0.495 e. The molecular formula is C15H19ClN6O2S. The van der Waals surface area contributed by atoms with Crippen LogP contribution in [-0.2, 0) is 10.5 Å². The Bertz CT molecular complexity index is 769. The van der Waals surface area contributed by atoms with Gasteiger partial charge in [0.2, 0.25) is 17.8 Å². The Kier molecular flexibility index (Phi) is 6.27. The standard InChI is InChI=1S/C15H19ClN6O2S/c1-7-4-10(11(24-3)5-9(7)16)19-13(23)8(2)25-6-12-20-14(17)22-15(18)21-12/h4-5,8H,6H2,1-3H3,(H,19,23)(H4,17,18,20,21,22)/t8-/m1/s1. The third-order valence-corrected chi connectivity index (χ3v) is 4.83. The number of aryl methyl sites for hydroxylation is 1. The smallest absolute Gasteiger partial charge is 0.237 e. The van der Waals surface area contributed by atoms with Crippen LogP contribution in [0.15, 0.2) is 12.1 Å². The number of methoxy groups -OCH3 is 1. The lowest BCUT2D eigenvalue weighted by Crippen LogP contribution is -2.23. The van der Waals surface area contributed by atoms with Crippen LogP contribution in [0.25, 0.3) is 0 Å². The van der Waals surface area contributed by atoms with E-state index in [0.717, 1.165) is 5.56 Å². The van der Waals surface area contributed by atoms with Gasteiger partial charge in [0.1, 0.15) is 11.6 Å². The van der Waals surface area contributed by atoms with Gasteiger partial charge in [-0.05, 0) is 25.5 Å². The fourth-order valence-corrected chi connectivity index (χ4v) is 2.85. The molecule has 0 spiro atoms. The number of benzene rings is 1. The number of anilines is 3. The van der Waals surface area contributed by atoms with E-state index >= 15 is 0 Å². The number of hydrogen-bond donors (Lipinski definition) is 3. The van der Waals surface area contributed by atoms with E-state index in [2.05, 4.69) is 20.3 Å². The van der Waals surface area contributed by atoms with E-state index in [1.165, 1.54) is 18.9 Å². The minimum absolute atomic E-state index is 0.0570. The van der Waals surface area contributed by atoms with Crippen LogP contribution in [-0.4, -0.2) is 33.2 Å². The molecule has 2 aromatic rings. The summed E-state index contributed by atoms with van der Waals surface area (Å²) < 4.78 is 5.26. The van der Waals surface area contributed by atoms with Gasteiger partial charge < -0.3 is 21.5 Å². The molecule has 1 amide bonds. The second-order valence-corrected chi connectivity index (χ2v) is 6.95. The molecule has 0 fully saturated rings. The summed E-state index contributed by atoms with van der Waals surface area (Å²) >= 11 is 7.42. The number of nitrogens with zero attached hydrogens (tertiary/aromatic N) is 3. The highest BCUT2D eigenvalue weighted by atomic mass is 35.5. The van der Waals surface area contributed by atoms with E-state index < -0.39 is 0 Å². The summed E-state index contributed by atoms with van der Waals surface area (Å²) in [6.07, 6.45) is 0. The molecule has 0 aliphatic carbocycles. The number of amides is 1. The van der Waals surface area contributed by atoms with Gasteiger partial charge in [-0.1, -0.05) is 11.6 Å². The second kappa shape index (κ2) is 8.21. The lowest BCUT2D eigenvalue weighted by Gasteiger charge is -2.15. The molecule has 0 radical (unpaired) electrons. The minimum atomic E-state index is -0.361. The Hall–Kier alpha value is -2.26. The molecule has 0 bridgehead atoms. The molecule has 0 aliphatic rings. The Morgan fingerprint density at radius 2 is 1.96 bits per heavy atom. The highest BCUT2D eigenvalue weighted by molar-refractivity contribution is 7.99. The first-order valence-corrected chi connectivity index (χ1v) is 8.75. The van der Waals surface area contributed by atoms with Crippen LogP contribution in [0.1, 0.15) is 18.3 Å². The Balaban J connectivity index is 2.02. The highest BCUT2D eigenvalue weighted by Gasteiger charge is 2.17. The van der Waals surface area contributed by atoms with E-state index in [0.29, 0.717) is 28.0 Å². The van der Waals surface area contributed by atoms with Crippen LogP contribution in [0.2, 0.25) is 5.02 Å². The van der Waals surface area contributed by atoms with Gasteiger partial charge in [0.05, 0.1) is 23.8 Å². The van der Waals surface area contributed by atoms with Crippen LogP contribution in [0, 0.1) is 6.92 Å². The number of thioether (sulfide) groups is 1. The van der Waals surface area contributed by atoms with Gasteiger partial charge in [-0.3, -0.25) is 4.79 Å². The van der Waals surface area contributed by atoms with Crippen molar-refractivity contribution in [3.05, 3.63) is 28.5 Å². The second-order valence-electron chi connectivity index (χ2n) is 5.21. The predicted octanol–water partition coefficient (Wildman–Crippen LogP) is 2.27. The van der Waals surface area contributed by atoms with Gasteiger partial charge in [-0.25, -0.2) is 0 Å². The summed E-state index contributed by atoms with van der Waals surface area (Å²) in [4.78, 5) is 24.1. The van der Waals surface area contributed by atoms with Gasteiger partial charge in [-0.2, -0.15) is 15.0 Å². The van der Waals surface area contributed by atoms with E-state index in [9.17, 15) is 4.79 Å². The van der Waals surface area contributed by atoms with Crippen LogP contribution >= 0.6 is 23.4 Å². The van der Waals surface area contributed by atoms with Crippen molar-refractivity contribution >= 4 is 46.9 Å². The number of halogens is 1. The maximum Gasteiger partial charge on any atom is 0.237 e. The predicted molar refractivity (Wildman–Crippen MR) is 101 cm³/mol. The van der Waals surface area contributed by atoms with Crippen molar-refractivity contribution in [2.75, 3.05) is 23.9 Å². The molecule has 25 heavy (non-hydrogen) atoms. The zero-order valence-electron chi connectivity index (χ0n) is 14.0. The summed E-state index contributed by atoms with van der Waals surface area (Å²) in [5.41, 5.74) is 12.5. The number of nitrogen functional groups attached to an aromatic ring is 2. The molecule has 0 unspecified atom stereocenters. The number of aromatic nitrogens is 3. The number of hydrogen-bond acceptors (Lipinski definition) is 8. The molecule has 1 aromatic heterocycles. The maximum absolute atomic E-state index is 12.4. The molecule has 10 heteroatoms. The summed E-state index contributed by atoms with van der Waals surface area (Å²) in [6.45, 7) is 3.63. The molecule has 1 atom stereocenters. The maximum atomic E-state index is 12.4. The molecule has 1 aromatic carbocycles. The van der Waals surface area contributed by atoms with Gasteiger partial charge in [0, 0.05) is 11.1 Å². The highest BCUT2D eigenvalue weighted by Crippen LogP contribution is 2.31. The topological polar surface area (TPSA) is 129 Å². The van der Waals surface area contributed by atoms with Crippen molar-refractivity contribution in [1.82, 2.24) is 15.0 Å². The summed E-state index contributed by atoms with van der Waals surface area (Å²) in [7, 11) is 1.52. The SMILES string of the molecule is COc1cc(Cl)c(C)cc1NC(=O)[C@@H](C)SCc1nc(N)nc(N)n1. The third-order valence-electron chi connectivity index (χ3n) is 3.29. The average molecular weight is 383 g/mol. The van der Waals surface area contributed by atoms with Crippen LogP contribution in [0.4, 0.5) is 17.6 Å². The zero-order chi connectivity index (χ0) is 18.6. The Labute approximate surface area is 154 Å². The molecular weight excluding hydrogens is 364 g/mol. The van der Waals surface area contributed by atoms with Crippen LogP contribution in [0.3, 0.4) is 0 Å². The van der Waals surface area contributed by atoms with Crippen molar-refractivity contribution in [2.45, 2.75) is 24.9 Å². The van der Waals surface area contributed by atoms with Crippen LogP contribution in [0.5, 0.6) is 5.75 Å². The zero-order valence-corrected chi connectivity index (χ0v) is 15.6. The number of ether oxygens (including phenoxy) is 1. The number of nitrogens with one attached hydrogen (secondary N) is 1. The monoisotopic (exact) mass is 382 g/mol. The number of carbonyl (C=O) groups excluding carboxylic acids is 1.